The van der Waals surface area contributed by atoms with E-state index in [4.69, 9.17) is 17.3 Å². The van der Waals surface area contributed by atoms with Crippen LogP contribution in [0, 0.1) is 5.92 Å². The third-order valence-corrected chi connectivity index (χ3v) is 5.10. The molecule has 0 aromatic heterocycles. The SMILES string of the molecule is CC(N)Cc1cc(Cl)ccc1SCC1CCCC1. The Bertz CT molecular complexity index is 386. The fourth-order valence-corrected chi connectivity index (χ4v) is 4.02. The molecule has 0 saturated heterocycles. The van der Waals surface area contributed by atoms with Gasteiger partial charge in [0.25, 0.3) is 0 Å². The lowest BCUT2D eigenvalue weighted by Crippen LogP contribution is -2.18. The molecule has 1 atom stereocenters. The molecule has 1 aliphatic rings. The predicted octanol–water partition coefficient (Wildman–Crippen LogP) is 4.51. The van der Waals surface area contributed by atoms with Crippen LogP contribution in [-0.2, 0) is 6.42 Å². The standard InChI is InChI=1S/C15H22ClNS/c1-11(17)8-13-9-14(16)6-7-15(13)18-10-12-4-2-3-5-12/h6-7,9,11-12H,2-5,8,10,17H2,1H3. The minimum atomic E-state index is 0.189. The zero-order chi connectivity index (χ0) is 13.0. The summed E-state index contributed by atoms with van der Waals surface area (Å²) in [6.07, 6.45) is 6.55. The average Bonchev–Trinajstić information content (AvgIpc) is 2.80. The molecule has 2 N–H and O–H groups in total. The first-order chi connectivity index (χ1) is 8.65. The molecule has 0 heterocycles. The Kier molecular flexibility index (Phi) is 5.40. The third kappa shape index (κ3) is 4.18. The molecule has 0 radical (unpaired) electrons. The minimum Gasteiger partial charge on any atom is -0.328 e. The summed E-state index contributed by atoms with van der Waals surface area (Å²) in [5, 5.41) is 0.816. The van der Waals surface area contributed by atoms with Gasteiger partial charge in [-0.05, 0) is 55.9 Å². The second-order valence-corrected chi connectivity index (χ2v) is 6.89. The number of benzene rings is 1. The van der Waals surface area contributed by atoms with Crippen molar-refractivity contribution in [2.24, 2.45) is 11.7 Å². The van der Waals surface area contributed by atoms with Gasteiger partial charge in [-0.25, -0.2) is 0 Å². The highest BCUT2D eigenvalue weighted by atomic mass is 35.5. The Morgan fingerprint density at radius 3 is 2.78 bits per heavy atom. The summed E-state index contributed by atoms with van der Waals surface area (Å²) in [5.41, 5.74) is 7.22. The normalized spacial score (nSPS) is 18.2. The van der Waals surface area contributed by atoms with Gasteiger partial charge in [-0.3, -0.25) is 0 Å². The quantitative estimate of drug-likeness (QED) is 0.805. The predicted molar refractivity (Wildman–Crippen MR) is 81.5 cm³/mol. The van der Waals surface area contributed by atoms with Crippen LogP contribution < -0.4 is 5.73 Å². The molecule has 3 heteroatoms. The van der Waals surface area contributed by atoms with E-state index in [1.165, 1.54) is 41.9 Å². The Morgan fingerprint density at radius 2 is 2.11 bits per heavy atom. The van der Waals surface area contributed by atoms with Crippen LogP contribution in [0.25, 0.3) is 0 Å². The summed E-state index contributed by atoms with van der Waals surface area (Å²) in [6, 6.07) is 6.40. The minimum absolute atomic E-state index is 0.189. The summed E-state index contributed by atoms with van der Waals surface area (Å²) in [5.74, 6) is 2.15. The summed E-state index contributed by atoms with van der Waals surface area (Å²) >= 11 is 8.06. The molecule has 0 aliphatic heterocycles. The fourth-order valence-electron chi connectivity index (χ4n) is 2.58. The first-order valence-corrected chi connectivity index (χ1v) is 8.18. The summed E-state index contributed by atoms with van der Waals surface area (Å²) in [6.45, 7) is 2.05. The van der Waals surface area contributed by atoms with E-state index < -0.39 is 0 Å². The molecular formula is C15H22ClNS. The van der Waals surface area contributed by atoms with Crippen LogP contribution in [0.3, 0.4) is 0 Å². The van der Waals surface area contributed by atoms with Crippen LogP contribution in [-0.4, -0.2) is 11.8 Å². The highest BCUT2D eigenvalue weighted by Crippen LogP contribution is 2.33. The van der Waals surface area contributed by atoms with E-state index in [0.29, 0.717) is 0 Å². The van der Waals surface area contributed by atoms with Gasteiger partial charge in [0.05, 0.1) is 0 Å². The summed E-state index contributed by atoms with van der Waals surface area (Å²) in [7, 11) is 0. The number of rotatable bonds is 5. The van der Waals surface area contributed by atoms with Crippen molar-refractivity contribution in [1.29, 1.82) is 0 Å². The van der Waals surface area contributed by atoms with Crippen LogP contribution in [0.5, 0.6) is 0 Å². The maximum Gasteiger partial charge on any atom is 0.0409 e. The van der Waals surface area contributed by atoms with Gasteiger partial charge in [0.1, 0.15) is 0 Å². The molecule has 18 heavy (non-hydrogen) atoms. The average molecular weight is 284 g/mol. The van der Waals surface area contributed by atoms with Crippen molar-refractivity contribution in [2.45, 2.75) is 50.0 Å². The number of hydrogen-bond acceptors (Lipinski definition) is 2. The number of halogens is 1. The number of thioether (sulfide) groups is 1. The summed E-state index contributed by atoms with van der Waals surface area (Å²) < 4.78 is 0. The van der Waals surface area contributed by atoms with Crippen molar-refractivity contribution in [3.05, 3.63) is 28.8 Å². The zero-order valence-electron chi connectivity index (χ0n) is 11.0. The van der Waals surface area contributed by atoms with Crippen molar-refractivity contribution in [3.63, 3.8) is 0 Å². The lowest BCUT2D eigenvalue weighted by Gasteiger charge is -2.14. The number of nitrogens with two attached hydrogens (primary N) is 1. The third-order valence-electron chi connectivity index (χ3n) is 3.51. The van der Waals surface area contributed by atoms with E-state index in [2.05, 4.69) is 12.1 Å². The van der Waals surface area contributed by atoms with Crippen molar-refractivity contribution in [1.82, 2.24) is 0 Å². The van der Waals surface area contributed by atoms with E-state index in [1.807, 2.05) is 24.8 Å². The first-order valence-electron chi connectivity index (χ1n) is 6.82. The van der Waals surface area contributed by atoms with E-state index in [-0.39, 0.29) is 6.04 Å². The Morgan fingerprint density at radius 1 is 1.39 bits per heavy atom. The Balaban J connectivity index is 2.00. The topological polar surface area (TPSA) is 26.0 Å². The maximum absolute atomic E-state index is 6.08. The molecule has 1 aromatic carbocycles. The van der Waals surface area contributed by atoms with Gasteiger partial charge in [0.15, 0.2) is 0 Å². The van der Waals surface area contributed by atoms with Crippen LogP contribution >= 0.6 is 23.4 Å². The van der Waals surface area contributed by atoms with E-state index in [9.17, 15) is 0 Å². The smallest absolute Gasteiger partial charge is 0.0409 e. The first kappa shape index (κ1) is 14.2. The van der Waals surface area contributed by atoms with Gasteiger partial charge >= 0.3 is 0 Å². The van der Waals surface area contributed by atoms with Crippen molar-refractivity contribution in [2.75, 3.05) is 5.75 Å². The van der Waals surface area contributed by atoms with Gasteiger partial charge < -0.3 is 5.73 Å². The lowest BCUT2D eigenvalue weighted by atomic mass is 10.1. The summed E-state index contributed by atoms with van der Waals surface area (Å²) in [4.78, 5) is 1.36. The molecule has 1 nitrogen and oxygen atoms in total. The molecule has 0 spiro atoms. The van der Waals surface area contributed by atoms with Crippen LogP contribution in [0.4, 0.5) is 0 Å². The fraction of sp³-hybridized carbons (Fsp3) is 0.600. The van der Waals surface area contributed by atoms with Crippen molar-refractivity contribution < 1.29 is 0 Å². The molecule has 1 saturated carbocycles. The molecule has 0 bridgehead atoms. The molecule has 1 aliphatic carbocycles. The van der Waals surface area contributed by atoms with Gasteiger partial charge in [-0.15, -0.1) is 11.8 Å². The van der Waals surface area contributed by atoms with Crippen LogP contribution in [0.1, 0.15) is 38.2 Å². The Labute approximate surface area is 119 Å². The second-order valence-electron chi connectivity index (χ2n) is 5.39. The molecule has 1 unspecified atom stereocenters. The van der Waals surface area contributed by atoms with Gasteiger partial charge in [0, 0.05) is 21.7 Å². The molecule has 2 rings (SSSR count). The van der Waals surface area contributed by atoms with Gasteiger partial charge in [-0.1, -0.05) is 24.4 Å². The highest BCUT2D eigenvalue weighted by molar-refractivity contribution is 7.99. The molecule has 100 valence electrons. The monoisotopic (exact) mass is 283 g/mol. The molecule has 1 aromatic rings. The molecular weight excluding hydrogens is 262 g/mol. The van der Waals surface area contributed by atoms with Gasteiger partial charge in [-0.2, -0.15) is 0 Å². The van der Waals surface area contributed by atoms with Gasteiger partial charge in [0.2, 0.25) is 0 Å². The molecule has 0 amide bonds. The van der Waals surface area contributed by atoms with Crippen LogP contribution in [0.15, 0.2) is 23.1 Å². The Hall–Kier alpha value is -0.180. The van der Waals surface area contributed by atoms with E-state index >= 15 is 0 Å². The lowest BCUT2D eigenvalue weighted by molar-refractivity contribution is 0.623. The highest BCUT2D eigenvalue weighted by Gasteiger charge is 2.16. The zero-order valence-corrected chi connectivity index (χ0v) is 12.6. The second kappa shape index (κ2) is 6.83. The largest absolute Gasteiger partial charge is 0.328 e. The molecule has 1 fully saturated rings. The van der Waals surface area contributed by atoms with E-state index in [0.717, 1.165) is 17.4 Å². The van der Waals surface area contributed by atoms with Crippen LogP contribution in [0.2, 0.25) is 5.02 Å². The number of hydrogen-bond donors (Lipinski definition) is 1. The van der Waals surface area contributed by atoms with Crippen molar-refractivity contribution >= 4 is 23.4 Å². The van der Waals surface area contributed by atoms with Crippen molar-refractivity contribution in [3.8, 4) is 0 Å². The maximum atomic E-state index is 6.08. The van der Waals surface area contributed by atoms with E-state index in [1.54, 1.807) is 0 Å².